The topological polar surface area (TPSA) is 83.9 Å². The molecule has 0 saturated carbocycles. The first-order valence-corrected chi connectivity index (χ1v) is 8.03. The zero-order chi connectivity index (χ0) is 17.9. The van der Waals surface area contributed by atoms with E-state index in [1.807, 2.05) is 0 Å². The molecule has 0 amide bonds. The van der Waals surface area contributed by atoms with E-state index < -0.39 is 39.9 Å². The summed E-state index contributed by atoms with van der Waals surface area (Å²) in [5.74, 6) is -3.19. The summed E-state index contributed by atoms with van der Waals surface area (Å²) < 4.78 is 57.6. The SMILES string of the molecule is COc1ccc(S(=O)(=O)N(CC(=O)O)c2ccc(F)cc2F)cc1. The zero-order valence-electron chi connectivity index (χ0n) is 12.4. The Bertz CT molecular complexity index is 853. The number of carboxylic acid groups (broad SMARTS) is 1. The maximum absolute atomic E-state index is 14.0. The summed E-state index contributed by atoms with van der Waals surface area (Å²) in [5.41, 5.74) is -0.561. The summed E-state index contributed by atoms with van der Waals surface area (Å²) in [4.78, 5) is 10.8. The fourth-order valence-electron chi connectivity index (χ4n) is 1.98. The number of hydrogen-bond donors (Lipinski definition) is 1. The second-order valence-electron chi connectivity index (χ2n) is 4.68. The molecule has 6 nitrogen and oxygen atoms in total. The summed E-state index contributed by atoms with van der Waals surface area (Å²) >= 11 is 0. The van der Waals surface area contributed by atoms with Gasteiger partial charge < -0.3 is 9.84 Å². The Hall–Kier alpha value is -2.68. The van der Waals surface area contributed by atoms with Crippen LogP contribution in [0.5, 0.6) is 5.75 Å². The molecule has 24 heavy (non-hydrogen) atoms. The number of sulfonamides is 1. The molecule has 0 radical (unpaired) electrons. The molecule has 0 aliphatic heterocycles. The highest BCUT2D eigenvalue weighted by Crippen LogP contribution is 2.27. The largest absolute Gasteiger partial charge is 0.497 e. The van der Waals surface area contributed by atoms with Crippen LogP contribution in [0.2, 0.25) is 0 Å². The summed E-state index contributed by atoms with van der Waals surface area (Å²) in [7, 11) is -2.98. The normalized spacial score (nSPS) is 11.1. The Labute approximate surface area is 137 Å². The van der Waals surface area contributed by atoms with Crippen LogP contribution in [0.4, 0.5) is 14.5 Å². The second-order valence-corrected chi connectivity index (χ2v) is 6.54. The van der Waals surface area contributed by atoms with Crippen molar-refractivity contribution < 1.29 is 31.8 Å². The molecule has 128 valence electrons. The summed E-state index contributed by atoms with van der Waals surface area (Å²) in [5, 5.41) is 8.96. The van der Waals surface area contributed by atoms with E-state index >= 15 is 0 Å². The van der Waals surface area contributed by atoms with Crippen molar-refractivity contribution in [3.8, 4) is 5.75 Å². The zero-order valence-corrected chi connectivity index (χ0v) is 13.3. The molecule has 2 aromatic carbocycles. The van der Waals surface area contributed by atoms with Crippen molar-refractivity contribution in [2.45, 2.75) is 4.90 Å². The predicted molar refractivity (Wildman–Crippen MR) is 81.5 cm³/mol. The quantitative estimate of drug-likeness (QED) is 0.857. The molecule has 0 bridgehead atoms. The molecule has 0 fully saturated rings. The number of halogens is 2. The maximum Gasteiger partial charge on any atom is 0.324 e. The lowest BCUT2D eigenvalue weighted by atomic mass is 10.3. The summed E-state index contributed by atoms with van der Waals surface area (Å²) in [6.45, 7) is -1.02. The molecule has 0 aliphatic carbocycles. The first-order valence-electron chi connectivity index (χ1n) is 6.59. The third-order valence-corrected chi connectivity index (χ3v) is 4.88. The average molecular weight is 357 g/mol. The van der Waals surface area contributed by atoms with Gasteiger partial charge in [-0.25, -0.2) is 17.2 Å². The second kappa shape index (κ2) is 6.83. The Morgan fingerprint density at radius 2 is 1.79 bits per heavy atom. The van der Waals surface area contributed by atoms with Crippen LogP contribution in [-0.2, 0) is 14.8 Å². The predicted octanol–water partition coefficient (Wildman–Crippen LogP) is 2.25. The maximum atomic E-state index is 14.0. The number of carbonyl (C=O) groups is 1. The van der Waals surface area contributed by atoms with E-state index in [0.29, 0.717) is 16.1 Å². The number of nitrogens with zero attached hydrogens (tertiary/aromatic N) is 1. The molecule has 0 spiro atoms. The molecule has 2 aromatic rings. The van der Waals surface area contributed by atoms with Gasteiger partial charge in [-0.3, -0.25) is 9.10 Å². The van der Waals surface area contributed by atoms with Gasteiger partial charge >= 0.3 is 5.97 Å². The van der Waals surface area contributed by atoms with Gasteiger partial charge in [0.25, 0.3) is 10.0 Å². The third kappa shape index (κ3) is 3.62. The number of hydrogen-bond acceptors (Lipinski definition) is 4. The van der Waals surface area contributed by atoms with Crippen LogP contribution in [0.3, 0.4) is 0 Å². The van der Waals surface area contributed by atoms with E-state index in [4.69, 9.17) is 9.84 Å². The molecule has 1 N–H and O–H groups in total. The number of aliphatic carboxylic acids is 1. The molecule has 2 rings (SSSR count). The first kappa shape index (κ1) is 17.7. The van der Waals surface area contributed by atoms with Gasteiger partial charge in [-0.15, -0.1) is 0 Å². The van der Waals surface area contributed by atoms with Gasteiger partial charge in [0.1, 0.15) is 23.9 Å². The van der Waals surface area contributed by atoms with E-state index in [-0.39, 0.29) is 4.90 Å². The lowest BCUT2D eigenvalue weighted by molar-refractivity contribution is -0.135. The molecule has 0 aromatic heterocycles. The molecule has 0 atom stereocenters. The Balaban J connectivity index is 2.54. The molecular weight excluding hydrogens is 344 g/mol. The standard InChI is InChI=1S/C15H13F2NO5S/c1-23-11-3-5-12(6-4-11)24(21,22)18(9-15(19)20)14-7-2-10(16)8-13(14)17/h2-8H,9H2,1H3,(H,19,20). The van der Waals surface area contributed by atoms with Gasteiger partial charge in [-0.2, -0.15) is 0 Å². The molecule has 9 heteroatoms. The molecule has 0 aliphatic rings. The molecule has 0 unspecified atom stereocenters. The van der Waals surface area contributed by atoms with Crippen molar-refractivity contribution in [1.82, 2.24) is 0 Å². The Kier molecular flexibility index (Phi) is 5.03. The smallest absolute Gasteiger partial charge is 0.324 e. The van der Waals surface area contributed by atoms with E-state index in [2.05, 4.69) is 0 Å². The highest BCUT2D eigenvalue weighted by atomic mass is 32.2. The number of anilines is 1. The Morgan fingerprint density at radius 1 is 1.17 bits per heavy atom. The average Bonchev–Trinajstić information content (AvgIpc) is 2.53. The van der Waals surface area contributed by atoms with Crippen molar-refractivity contribution in [3.05, 3.63) is 54.1 Å². The van der Waals surface area contributed by atoms with Crippen LogP contribution in [0.25, 0.3) is 0 Å². The molecular formula is C15H13F2NO5S. The van der Waals surface area contributed by atoms with Crippen LogP contribution in [0.15, 0.2) is 47.4 Å². The summed E-state index contributed by atoms with van der Waals surface area (Å²) in [6, 6.07) is 7.33. The fraction of sp³-hybridized carbons (Fsp3) is 0.133. The number of benzene rings is 2. The van der Waals surface area contributed by atoms with Gasteiger partial charge in [-0.1, -0.05) is 0 Å². The van der Waals surface area contributed by atoms with Gasteiger partial charge in [0.2, 0.25) is 0 Å². The van der Waals surface area contributed by atoms with Gasteiger partial charge in [0.05, 0.1) is 17.7 Å². The highest BCUT2D eigenvalue weighted by Gasteiger charge is 2.29. The van der Waals surface area contributed by atoms with Crippen molar-refractivity contribution in [3.63, 3.8) is 0 Å². The van der Waals surface area contributed by atoms with Gasteiger partial charge in [0, 0.05) is 6.07 Å². The molecule has 0 heterocycles. The number of carboxylic acids is 1. The minimum atomic E-state index is -4.38. The van der Waals surface area contributed by atoms with Crippen molar-refractivity contribution in [2.75, 3.05) is 18.0 Å². The minimum absolute atomic E-state index is 0.256. The monoisotopic (exact) mass is 357 g/mol. The van der Waals surface area contributed by atoms with E-state index in [9.17, 15) is 22.0 Å². The number of rotatable bonds is 6. The minimum Gasteiger partial charge on any atom is -0.497 e. The van der Waals surface area contributed by atoms with Crippen LogP contribution >= 0.6 is 0 Å². The van der Waals surface area contributed by atoms with Crippen molar-refractivity contribution in [2.24, 2.45) is 0 Å². The van der Waals surface area contributed by atoms with Crippen LogP contribution in [0.1, 0.15) is 0 Å². The van der Waals surface area contributed by atoms with Gasteiger partial charge in [0.15, 0.2) is 0 Å². The number of methoxy groups -OCH3 is 1. The van der Waals surface area contributed by atoms with Crippen LogP contribution in [-0.4, -0.2) is 33.1 Å². The molecule has 0 saturated heterocycles. The van der Waals surface area contributed by atoms with E-state index in [0.717, 1.165) is 12.1 Å². The van der Waals surface area contributed by atoms with Gasteiger partial charge in [-0.05, 0) is 36.4 Å². The first-order chi connectivity index (χ1) is 11.3. The highest BCUT2D eigenvalue weighted by molar-refractivity contribution is 7.92. The van der Waals surface area contributed by atoms with E-state index in [1.54, 1.807) is 0 Å². The fourth-order valence-corrected chi connectivity index (χ4v) is 3.40. The third-order valence-electron chi connectivity index (χ3n) is 3.10. The lowest BCUT2D eigenvalue weighted by Gasteiger charge is -2.23. The van der Waals surface area contributed by atoms with Crippen molar-refractivity contribution in [1.29, 1.82) is 0 Å². The summed E-state index contributed by atoms with van der Waals surface area (Å²) in [6.07, 6.45) is 0. The van der Waals surface area contributed by atoms with Crippen LogP contribution in [0, 0.1) is 11.6 Å². The van der Waals surface area contributed by atoms with E-state index in [1.165, 1.54) is 31.4 Å². The van der Waals surface area contributed by atoms with Crippen LogP contribution < -0.4 is 9.04 Å². The van der Waals surface area contributed by atoms with Crippen molar-refractivity contribution >= 4 is 21.7 Å². The Morgan fingerprint density at radius 3 is 2.29 bits per heavy atom. The number of ether oxygens (including phenoxy) is 1. The lowest BCUT2D eigenvalue weighted by Crippen LogP contribution is -2.36.